The average molecular weight is 323 g/mol. The normalized spacial score (nSPS) is 9.91. The van der Waals surface area contributed by atoms with Gasteiger partial charge in [0.25, 0.3) is 0 Å². The van der Waals surface area contributed by atoms with Crippen LogP contribution in [0.2, 0.25) is 0 Å². The van der Waals surface area contributed by atoms with Crippen LogP contribution in [0.4, 0.5) is 0 Å². The van der Waals surface area contributed by atoms with Gasteiger partial charge in [0.15, 0.2) is 0 Å². The van der Waals surface area contributed by atoms with E-state index >= 15 is 0 Å². The molecular formula is C16H38N2O4. The lowest BCUT2D eigenvalue weighted by molar-refractivity contribution is -0.119. The summed E-state index contributed by atoms with van der Waals surface area (Å²) in [6.45, 7) is 14.6. The van der Waals surface area contributed by atoms with Crippen molar-refractivity contribution in [3.05, 3.63) is 11.4 Å². The largest absolute Gasteiger partial charge is 0.393 e. The fourth-order valence-corrected chi connectivity index (χ4v) is 0.978. The van der Waals surface area contributed by atoms with Crippen LogP contribution < -0.4 is 0 Å². The second-order valence-corrected chi connectivity index (χ2v) is 3.87. The molecule has 0 amide bonds. The summed E-state index contributed by atoms with van der Waals surface area (Å²) in [6, 6.07) is 0. The Bertz CT molecular complexity index is 319. The molecule has 0 rings (SSSR count). The number of carbonyl (C=O) groups is 2. The highest BCUT2D eigenvalue weighted by Gasteiger charge is 2.08. The van der Waals surface area contributed by atoms with Crippen LogP contribution in [0.15, 0.2) is 0 Å². The van der Waals surface area contributed by atoms with Gasteiger partial charge >= 0.3 is 0 Å². The molecule has 2 atom stereocenters. The minimum absolute atomic E-state index is 0. The first kappa shape index (κ1) is 36.9. The SMILES string of the molecule is C.C.C.C#N.CCC(O)CC(C)=O.[2HH].[C-]#[N+]CC(O)CC(C)=O.[HH]. The van der Waals surface area contributed by atoms with Crippen molar-refractivity contribution < 1.29 is 22.7 Å². The Morgan fingerprint density at radius 3 is 1.64 bits per heavy atom. The number of hydrogen-bond acceptors (Lipinski definition) is 5. The zero-order valence-corrected chi connectivity index (χ0v) is 11.7. The molecule has 0 aliphatic heterocycles. The molecule has 2 unspecified atom stereocenters. The van der Waals surface area contributed by atoms with Crippen LogP contribution in [-0.2, 0) is 9.59 Å². The summed E-state index contributed by atoms with van der Waals surface area (Å²) >= 11 is 0. The van der Waals surface area contributed by atoms with E-state index in [1.165, 1.54) is 13.8 Å². The summed E-state index contributed by atoms with van der Waals surface area (Å²) in [6.07, 6.45) is -0.120. The lowest BCUT2D eigenvalue weighted by Crippen LogP contribution is -2.13. The summed E-state index contributed by atoms with van der Waals surface area (Å²) in [4.78, 5) is 23.5. The summed E-state index contributed by atoms with van der Waals surface area (Å²) in [5.41, 5.74) is 0. The minimum Gasteiger partial charge on any atom is -0.393 e. The van der Waals surface area contributed by atoms with E-state index in [9.17, 15) is 9.59 Å². The van der Waals surface area contributed by atoms with Gasteiger partial charge in [-0.25, -0.2) is 11.8 Å². The summed E-state index contributed by atoms with van der Waals surface area (Å²) < 4.78 is 0. The van der Waals surface area contributed by atoms with Crippen molar-refractivity contribution in [2.45, 2.75) is 74.5 Å². The second kappa shape index (κ2) is 27.6. The second-order valence-electron chi connectivity index (χ2n) is 3.87. The summed E-state index contributed by atoms with van der Waals surface area (Å²) in [7, 11) is 0. The highest BCUT2D eigenvalue weighted by atomic mass is 16.3. The van der Waals surface area contributed by atoms with Crippen LogP contribution in [-0.4, -0.2) is 40.5 Å². The lowest BCUT2D eigenvalue weighted by Gasteiger charge is -2.01. The molecule has 0 aromatic rings. The standard InChI is InChI=1S/C6H9NO2.C6H12O2.CHN.3CH4.2H2/c1-5(8)3-6(9)4-7-2;1-3-6(8)4-5(2)7;1-2;;;;;/h6,9H,3-4H2,1H3;6,8H,3-4H2,1-2H3;1H;3*1H4;2*1H/i;;;;;;1+1;. The maximum absolute atomic E-state index is 10.3. The van der Waals surface area contributed by atoms with Crippen molar-refractivity contribution >= 4 is 11.6 Å². The molecule has 0 radical (unpaired) electrons. The van der Waals surface area contributed by atoms with E-state index in [1.807, 2.05) is 6.92 Å². The number of nitriles is 1. The number of rotatable bonds is 6. The van der Waals surface area contributed by atoms with Gasteiger partial charge in [0.05, 0.1) is 6.10 Å². The average Bonchev–Trinajstić information content (AvgIpc) is 2.30. The van der Waals surface area contributed by atoms with Gasteiger partial charge in [-0.1, -0.05) is 29.2 Å². The molecule has 0 spiro atoms. The predicted octanol–water partition coefficient (Wildman–Crippen LogP) is 3.52. The van der Waals surface area contributed by atoms with Crippen LogP contribution >= 0.6 is 0 Å². The summed E-state index contributed by atoms with van der Waals surface area (Å²) in [5.74, 6) is -0.0227. The van der Waals surface area contributed by atoms with Gasteiger partial charge in [0.2, 0.25) is 6.54 Å². The van der Waals surface area contributed by atoms with Gasteiger partial charge < -0.3 is 15.1 Å². The van der Waals surface area contributed by atoms with E-state index < -0.39 is 12.2 Å². The molecule has 0 fully saturated rings. The number of Topliss-reactive ketones (excluding diaryl/α,β-unsaturated/α-hetero) is 2. The third kappa shape index (κ3) is 42.9. The number of hydrogen-bond donors (Lipinski definition) is 2. The van der Waals surface area contributed by atoms with Gasteiger partial charge in [0.1, 0.15) is 17.7 Å². The van der Waals surface area contributed by atoms with Crippen molar-refractivity contribution in [3.63, 3.8) is 0 Å². The fourth-order valence-electron chi connectivity index (χ4n) is 0.978. The topological polar surface area (TPSA) is 103 Å². The molecule has 6 nitrogen and oxygen atoms in total. The Kier molecular flexibility index (Phi) is 46.3. The third-order valence-corrected chi connectivity index (χ3v) is 1.82. The van der Waals surface area contributed by atoms with E-state index in [2.05, 4.69) is 11.4 Å². The zero-order chi connectivity index (χ0) is 15.8. The summed E-state index contributed by atoms with van der Waals surface area (Å²) in [5, 5.41) is 24.1. The Hall–Kier alpha value is -1.76. The van der Waals surface area contributed by atoms with E-state index in [-0.39, 0.29) is 49.7 Å². The number of carbonyl (C=O) groups excluding carboxylic acids is 2. The van der Waals surface area contributed by atoms with Gasteiger partial charge in [-0.3, -0.25) is 9.59 Å². The van der Waals surface area contributed by atoms with E-state index in [0.29, 0.717) is 12.8 Å². The molecular weight excluding hydrogens is 284 g/mol. The van der Waals surface area contributed by atoms with E-state index in [4.69, 9.17) is 22.0 Å². The Morgan fingerprint density at radius 1 is 1.14 bits per heavy atom. The van der Waals surface area contributed by atoms with Gasteiger partial charge in [-0.05, 0) is 20.3 Å². The molecule has 0 aliphatic rings. The molecule has 0 saturated heterocycles. The molecule has 22 heavy (non-hydrogen) atoms. The maximum Gasteiger partial charge on any atom is 0.240 e. The van der Waals surface area contributed by atoms with Crippen molar-refractivity contribution in [1.29, 1.82) is 5.26 Å². The zero-order valence-electron chi connectivity index (χ0n) is 11.7. The Labute approximate surface area is 139 Å². The monoisotopic (exact) mass is 323 g/mol. The Morgan fingerprint density at radius 2 is 1.45 bits per heavy atom. The first-order valence-electron chi connectivity index (χ1n) is 5.77. The van der Waals surface area contributed by atoms with E-state index in [0.717, 1.165) is 0 Å². The molecule has 0 bridgehead atoms. The lowest BCUT2D eigenvalue weighted by atomic mass is 10.1. The van der Waals surface area contributed by atoms with Gasteiger partial charge in [0, 0.05) is 22.3 Å². The minimum atomic E-state index is -0.764. The third-order valence-electron chi connectivity index (χ3n) is 1.82. The maximum atomic E-state index is 10.3. The molecule has 0 aromatic heterocycles. The van der Waals surface area contributed by atoms with Gasteiger partial charge in [-0.2, -0.15) is 0 Å². The first-order valence-corrected chi connectivity index (χ1v) is 5.77. The number of nitrogens with zero attached hydrogens (tertiary/aromatic N) is 2. The highest BCUT2D eigenvalue weighted by Crippen LogP contribution is 1.95. The van der Waals surface area contributed by atoms with Crippen LogP contribution in [0, 0.1) is 18.4 Å². The van der Waals surface area contributed by atoms with Crippen molar-refractivity contribution in [1.82, 2.24) is 0 Å². The van der Waals surface area contributed by atoms with Crippen LogP contribution in [0.3, 0.4) is 0 Å². The van der Waals surface area contributed by atoms with Crippen LogP contribution in [0.25, 0.3) is 4.85 Å². The molecule has 0 saturated carbocycles. The molecule has 0 aliphatic carbocycles. The number of aliphatic hydroxyl groups is 2. The van der Waals surface area contributed by atoms with Crippen molar-refractivity contribution in [2.75, 3.05) is 6.54 Å². The number of ketones is 2. The van der Waals surface area contributed by atoms with Gasteiger partial charge in [-0.15, -0.1) is 0 Å². The predicted molar refractivity (Wildman–Crippen MR) is 95.5 cm³/mol. The highest BCUT2D eigenvalue weighted by molar-refractivity contribution is 5.76. The molecule has 2 N–H and O–H groups in total. The molecule has 0 aromatic carbocycles. The van der Waals surface area contributed by atoms with Crippen LogP contribution in [0.1, 0.15) is 65.2 Å². The van der Waals surface area contributed by atoms with Crippen molar-refractivity contribution in [2.24, 2.45) is 0 Å². The van der Waals surface area contributed by atoms with Crippen molar-refractivity contribution in [3.8, 4) is 6.57 Å². The first-order chi connectivity index (χ1) is 8.83. The number of aliphatic hydroxyl groups excluding tert-OH is 2. The molecule has 136 valence electrons. The quantitative estimate of drug-likeness (QED) is 0.728. The molecule has 6 heteroatoms. The smallest absolute Gasteiger partial charge is 0.240 e. The Balaban J connectivity index is -0.0000000271. The molecule has 0 heterocycles. The fraction of sp³-hybridized carbons (Fsp3) is 0.750. The van der Waals surface area contributed by atoms with Crippen LogP contribution in [0.5, 0.6) is 0 Å². The van der Waals surface area contributed by atoms with E-state index in [1.54, 1.807) is 0 Å².